The number of rotatable bonds is 5. The van der Waals surface area contributed by atoms with Crippen LogP contribution >= 0.6 is 0 Å². The quantitative estimate of drug-likeness (QED) is 0.716. The molecule has 1 amide bonds. The van der Waals surface area contributed by atoms with Crippen LogP contribution in [0.2, 0.25) is 0 Å². The Morgan fingerprint density at radius 2 is 1.72 bits per heavy atom. The van der Waals surface area contributed by atoms with Gasteiger partial charge < -0.3 is 10.1 Å². The molecule has 0 aliphatic heterocycles. The lowest BCUT2D eigenvalue weighted by Gasteiger charge is -2.16. The van der Waals surface area contributed by atoms with Crippen LogP contribution in [0.15, 0.2) is 53.3 Å². The summed E-state index contributed by atoms with van der Waals surface area (Å²) in [4.78, 5) is 24.8. The second kappa shape index (κ2) is 8.31. The molecule has 0 radical (unpaired) electrons. The van der Waals surface area contributed by atoms with E-state index in [1.807, 2.05) is 64.1 Å². The topological polar surface area (TPSA) is 73.2 Å². The number of anilines is 1. The number of amides is 1. The van der Waals surface area contributed by atoms with Crippen LogP contribution in [0.5, 0.6) is 5.88 Å². The third-order valence-corrected chi connectivity index (χ3v) is 4.82. The first-order valence-corrected chi connectivity index (χ1v) is 9.47. The molecule has 0 aliphatic carbocycles. The molecule has 3 rings (SSSR count). The Bertz CT molecular complexity index is 1120. The van der Waals surface area contributed by atoms with Crippen molar-refractivity contribution in [3.05, 3.63) is 81.1 Å². The molecular formula is C23H25N3O3. The number of hydrogen-bond acceptors (Lipinski definition) is 4. The number of carbonyl (C=O) groups excluding carboxylic acids is 1. The van der Waals surface area contributed by atoms with Crippen LogP contribution in [0, 0.1) is 27.7 Å². The smallest absolute Gasteiger partial charge is 0.271 e. The Kier molecular flexibility index (Phi) is 5.82. The van der Waals surface area contributed by atoms with E-state index in [-0.39, 0.29) is 17.3 Å². The summed E-state index contributed by atoms with van der Waals surface area (Å²) in [5.74, 6) is -0.0891. The van der Waals surface area contributed by atoms with Gasteiger partial charge in [0.1, 0.15) is 0 Å². The second-order valence-electron chi connectivity index (χ2n) is 7.26. The zero-order valence-electron chi connectivity index (χ0n) is 17.3. The summed E-state index contributed by atoms with van der Waals surface area (Å²) < 4.78 is 6.97. The molecule has 6 heteroatoms. The van der Waals surface area contributed by atoms with Gasteiger partial charge in [-0.15, -0.1) is 5.10 Å². The van der Waals surface area contributed by atoms with Crippen molar-refractivity contribution < 1.29 is 9.53 Å². The molecule has 150 valence electrons. The second-order valence-corrected chi connectivity index (χ2v) is 7.26. The first-order chi connectivity index (χ1) is 13.7. The molecule has 6 nitrogen and oxygen atoms in total. The van der Waals surface area contributed by atoms with Crippen LogP contribution in [0.3, 0.4) is 0 Å². The fourth-order valence-corrected chi connectivity index (χ4v) is 2.92. The fraction of sp³-hybridized carbons (Fsp3) is 0.261. The molecule has 0 saturated heterocycles. The summed E-state index contributed by atoms with van der Waals surface area (Å²) >= 11 is 0. The van der Waals surface area contributed by atoms with E-state index in [2.05, 4.69) is 10.4 Å². The van der Waals surface area contributed by atoms with E-state index in [9.17, 15) is 9.59 Å². The van der Waals surface area contributed by atoms with Gasteiger partial charge in [-0.05, 0) is 69.5 Å². The third kappa shape index (κ3) is 4.71. The summed E-state index contributed by atoms with van der Waals surface area (Å²) in [5.41, 5.74) is 5.41. The van der Waals surface area contributed by atoms with E-state index in [0.29, 0.717) is 5.69 Å². The maximum Gasteiger partial charge on any atom is 0.271 e. The number of carbonyl (C=O) groups is 1. The van der Waals surface area contributed by atoms with E-state index in [0.717, 1.165) is 27.9 Å². The van der Waals surface area contributed by atoms with Gasteiger partial charge in [0.05, 0.1) is 5.69 Å². The van der Waals surface area contributed by atoms with Gasteiger partial charge >= 0.3 is 0 Å². The molecule has 0 spiro atoms. The SMILES string of the molecule is Cc1ccc(NC(=O)C(C)Oc2ccc(=O)n(-c3ccc(C)c(C)c3)n2)c(C)c1. The first-order valence-electron chi connectivity index (χ1n) is 9.47. The molecule has 1 N–H and O–H groups in total. The molecule has 1 atom stereocenters. The van der Waals surface area contributed by atoms with E-state index >= 15 is 0 Å². The van der Waals surface area contributed by atoms with E-state index in [4.69, 9.17) is 4.74 Å². The van der Waals surface area contributed by atoms with Gasteiger partial charge in [0.2, 0.25) is 5.88 Å². The Morgan fingerprint density at radius 1 is 0.966 bits per heavy atom. The van der Waals surface area contributed by atoms with Gasteiger partial charge in [-0.25, -0.2) is 0 Å². The number of aromatic nitrogens is 2. The van der Waals surface area contributed by atoms with Crippen LogP contribution in [0.4, 0.5) is 5.69 Å². The molecule has 0 aliphatic rings. The van der Waals surface area contributed by atoms with Crippen LogP contribution in [0.1, 0.15) is 29.2 Å². The van der Waals surface area contributed by atoms with E-state index in [1.165, 1.54) is 16.8 Å². The van der Waals surface area contributed by atoms with Gasteiger partial charge in [0.25, 0.3) is 11.5 Å². The average molecular weight is 391 g/mol. The van der Waals surface area contributed by atoms with E-state index in [1.54, 1.807) is 6.92 Å². The molecule has 3 aromatic rings. The predicted octanol–water partition coefficient (Wildman–Crippen LogP) is 3.87. The number of nitrogens with one attached hydrogen (secondary N) is 1. The molecule has 0 saturated carbocycles. The number of aryl methyl sites for hydroxylation is 4. The van der Waals surface area contributed by atoms with Gasteiger partial charge in [0.15, 0.2) is 6.10 Å². The lowest BCUT2D eigenvalue weighted by atomic mass is 10.1. The molecule has 1 unspecified atom stereocenters. The van der Waals surface area contributed by atoms with Gasteiger partial charge in [0, 0.05) is 17.8 Å². The maximum atomic E-state index is 12.5. The van der Waals surface area contributed by atoms with Crippen LogP contribution in [-0.4, -0.2) is 21.8 Å². The van der Waals surface area contributed by atoms with Crippen molar-refractivity contribution in [3.8, 4) is 11.6 Å². The maximum absolute atomic E-state index is 12.5. The highest BCUT2D eigenvalue weighted by atomic mass is 16.5. The molecule has 0 bridgehead atoms. The highest BCUT2D eigenvalue weighted by molar-refractivity contribution is 5.94. The lowest BCUT2D eigenvalue weighted by molar-refractivity contribution is -0.122. The first kappa shape index (κ1) is 20.3. The largest absolute Gasteiger partial charge is 0.463 e. The Balaban J connectivity index is 1.78. The number of hydrogen-bond donors (Lipinski definition) is 1. The molecule has 1 aromatic heterocycles. The Morgan fingerprint density at radius 3 is 2.41 bits per heavy atom. The molecule has 29 heavy (non-hydrogen) atoms. The summed E-state index contributed by atoms with van der Waals surface area (Å²) in [7, 11) is 0. The summed E-state index contributed by atoms with van der Waals surface area (Å²) in [6, 6.07) is 14.3. The van der Waals surface area contributed by atoms with Crippen molar-refractivity contribution in [2.75, 3.05) is 5.32 Å². The minimum Gasteiger partial charge on any atom is -0.463 e. The molecule has 1 heterocycles. The van der Waals surface area contributed by atoms with Crippen molar-refractivity contribution in [2.24, 2.45) is 0 Å². The highest BCUT2D eigenvalue weighted by Gasteiger charge is 2.17. The van der Waals surface area contributed by atoms with Crippen LogP contribution in [-0.2, 0) is 4.79 Å². The zero-order chi connectivity index (χ0) is 21.1. The normalized spacial score (nSPS) is 11.8. The van der Waals surface area contributed by atoms with Crippen molar-refractivity contribution >= 4 is 11.6 Å². The molecule has 2 aromatic carbocycles. The standard InChI is InChI=1S/C23H25N3O3/c1-14-6-9-20(17(4)12-14)24-23(28)18(5)29-21-10-11-22(27)26(25-21)19-8-7-15(2)16(3)13-19/h6-13,18H,1-5H3,(H,24,28). The fourth-order valence-electron chi connectivity index (χ4n) is 2.92. The van der Waals surface area contributed by atoms with Gasteiger partial charge in [-0.1, -0.05) is 23.8 Å². The third-order valence-electron chi connectivity index (χ3n) is 4.82. The molecular weight excluding hydrogens is 366 g/mol. The van der Waals surface area contributed by atoms with Crippen LogP contribution in [0.25, 0.3) is 5.69 Å². The highest BCUT2D eigenvalue weighted by Crippen LogP contribution is 2.17. The summed E-state index contributed by atoms with van der Waals surface area (Å²) in [6.07, 6.45) is -0.783. The van der Waals surface area contributed by atoms with Crippen molar-refractivity contribution in [1.82, 2.24) is 9.78 Å². The van der Waals surface area contributed by atoms with E-state index < -0.39 is 6.10 Å². The van der Waals surface area contributed by atoms with Crippen molar-refractivity contribution in [2.45, 2.75) is 40.7 Å². The average Bonchev–Trinajstić information content (AvgIpc) is 2.67. The molecule has 0 fully saturated rings. The zero-order valence-corrected chi connectivity index (χ0v) is 17.3. The van der Waals surface area contributed by atoms with Gasteiger partial charge in [-0.2, -0.15) is 4.68 Å². The van der Waals surface area contributed by atoms with Crippen LogP contribution < -0.4 is 15.6 Å². The minimum atomic E-state index is -0.783. The number of nitrogens with zero attached hydrogens (tertiary/aromatic N) is 2. The van der Waals surface area contributed by atoms with Gasteiger partial charge in [-0.3, -0.25) is 9.59 Å². The monoisotopic (exact) mass is 391 g/mol. The lowest BCUT2D eigenvalue weighted by Crippen LogP contribution is -2.31. The minimum absolute atomic E-state index is 0.200. The summed E-state index contributed by atoms with van der Waals surface area (Å²) in [6.45, 7) is 9.57. The predicted molar refractivity (Wildman–Crippen MR) is 114 cm³/mol. The Labute approximate surface area is 170 Å². The number of benzene rings is 2. The number of ether oxygens (including phenoxy) is 1. The Hall–Kier alpha value is -3.41. The van der Waals surface area contributed by atoms with Crippen molar-refractivity contribution in [3.63, 3.8) is 0 Å². The van der Waals surface area contributed by atoms with Crippen molar-refractivity contribution in [1.29, 1.82) is 0 Å². The summed E-state index contributed by atoms with van der Waals surface area (Å²) in [5, 5.41) is 7.14.